The van der Waals surface area contributed by atoms with Gasteiger partial charge in [-0.05, 0) is 6.42 Å². The fourth-order valence-corrected chi connectivity index (χ4v) is 4.02. The van der Waals surface area contributed by atoms with Crippen molar-refractivity contribution in [3.63, 3.8) is 0 Å². The lowest BCUT2D eigenvalue weighted by Crippen LogP contribution is -2.53. The molecule has 0 radical (unpaired) electrons. The van der Waals surface area contributed by atoms with Crippen LogP contribution in [0, 0.1) is 0 Å². The predicted molar refractivity (Wildman–Crippen MR) is 135 cm³/mol. The fourth-order valence-electron chi connectivity index (χ4n) is 4.02. The van der Waals surface area contributed by atoms with Crippen LogP contribution in [0.2, 0.25) is 0 Å². The maximum absolute atomic E-state index is 13.0. The molecule has 4 N–H and O–H groups in total. The van der Waals surface area contributed by atoms with E-state index in [1.54, 1.807) is 22.9 Å². The second-order valence-corrected chi connectivity index (χ2v) is 8.16. The highest BCUT2D eigenvalue weighted by molar-refractivity contribution is 6.00. The zero-order valence-electron chi connectivity index (χ0n) is 20.6. The summed E-state index contributed by atoms with van der Waals surface area (Å²) in [5.41, 5.74) is 1.96. The number of carbonyl (C=O) groups is 2. The number of rotatable bonds is 8. The molecule has 1 aliphatic rings. The van der Waals surface area contributed by atoms with E-state index in [4.69, 9.17) is 14.2 Å². The monoisotopic (exact) mass is 494 g/mol. The van der Waals surface area contributed by atoms with Gasteiger partial charge in [0, 0.05) is 36.2 Å². The van der Waals surface area contributed by atoms with Gasteiger partial charge in [-0.3, -0.25) is 15.4 Å². The average Bonchev–Trinajstić information content (AvgIpc) is 3.31. The highest BCUT2D eigenvalue weighted by Gasteiger charge is 2.28. The molecule has 2 atom stereocenters. The summed E-state index contributed by atoms with van der Waals surface area (Å²) in [4.78, 5) is 25.3. The van der Waals surface area contributed by atoms with Crippen LogP contribution in [0.4, 0.5) is 16.3 Å². The third-order valence-corrected chi connectivity index (χ3v) is 5.83. The Kier molecular flexibility index (Phi) is 7.59. The second-order valence-electron chi connectivity index (χ2n) is 8.16. The molecule has 1 aromatic heterocycles. The number of urea groups is 1. The van der Waals surface area contributed by atoms with Gasteiger partial charge < -0.3 is 24.8 Å². The summed E-state index contributed by atoms with van der Waals surface area (Å²) in [7, 11) is 4.51. The second kappa shape index (κ2) is 11.0. The maximum atomic E-state index is 13.0. The van der Waals surface area contributed by atoms with Crippen LogP contribution in [0.1, 0.15) is 26.1 Å². The molecule has 11 heteroatoms. The first-order chi connectivity index (χ1) is 17.4. The van der Waals surface area contributed by atoms with Gasteiger partial charge in [-0.15, -0.1) is 0 Å². The molecule has 2 aromatic carbocycles. The molecule has 36 heavy (non-hydrogen) atoms. The number of nitrogens with zero attached hydrogens (tertiary/aromatic N) is 2. The van der Waals surface area contributed by atoms with Crippen LogP contribution in [0.5, 0.6) is 17.2 Å². The van der Waals surface area contributed by atoms with Gasteiger partial charge in [0.25, 0.3) is 0 Å². The van der Waals surface area contributed by atoms with Crippen molar-refractivity contribution < 1.29 is 23.8 Å². The van der Waals surface area contributed by atoms with E-state index in [1.165, 1.54) is 21.3 Å². The zero-order valence-corrected chi connectivity index (χ0v) is 20.6. The first-order valence-corrected chi connectivity index (χ1v) is 11.5. The van der Waals surface area contributed by atoms with Crippen LogP contribution in [-0.4, -0.2) is 49.1 Å². The topological polar surface area (TPSA) is 128 Å². The molecule has 190 valence electrons. The van der Waals surface area contributed by atoms with Crippen molar-refractivity contribution in [1.82, 2.24) is 20.4 Å². The molecule has 0 saturated carbocycles. The molecule has 1 saturated heterocycles. The summed E-state index contributed by atoms with van der Waals surface area (Å²) in [5, 5.41) is 16.6. The van der Waals surface area contributed by atoms with Gasteiger partial charge in [0.1, 0.15) is 5.82 Å². The number of aromatic nitrogens is 2. The average molecular weight is 495 g/mol. The Hall–Kier alpha value is -4.25. The number of hydrogen-bond acceptors (Lipinski definition) is 7. The Morgan fingerprint density at radius 2 is 1.75 bits per heavy atom. The van der Waals surface area contributed by atoms with Gasteiger partial charge in [-0.25, -0.2) is 9.48 Å². The predicted octanol–water partition coefficient (Wildman–Crippen LogP) is 3.56. The Bertz CT molecular complexity index is 1200. The number of benzene rings is 2. The Morgan fingerprint density at radius 1 is 1.06 bits per heavy atom. The summed E-state index contributed by atoms with van der Waals surface area (Å²) < 4.78 is 17.6. The third kappa shape index (κ3) is 5.36. The summed E-state index contributed by atoms with van der Waals surface area (Å²) in [6, 6.07) is 14.1. The van der Waals surface area contributed by atoms with Crippen molar-refractivity contribution in [1.29, 1.82) is 0 Å². The van der Waals surface area contributed by atoms with E-state index in [0.717, 1.165) is 12.0 Å². The smallest absolute Gasteiger partial charge is 0.324 e. The van der Waals surface area contributed by atoms with Gasteiger partial charge in [0.05, 0.1) is 32.7 Å². The van der Waals surface area contributed by atoms with E-state index in [0.29, 0.717) is 40.9 Å². The quantitative estimate of drug-likeness (QED) is 0.377. The molecule has 1 fully saturated rings. The summed E-state index contributed by atoms with van der Waals surface area (Å²) >= 11 is 0. The molecule has 1 aliphatic heterocycles. The van der Waals surface area contributed by atoms with Gasteiger partial charge in [-0.1, -0.05) is 37.3 Å². The van der Waals surface area contributed by atoms with E-state index >= 15 is 0 Å². The van der Waals surface area contributed by atoms with Crippen LogP contribution in [0.25, 0.3) is 11.3 Å². The number of anilines is 2. The molecule has 2 heterocycles. The Balaban J connectivity index is 1.62. The molecule has 0 bridgehead atoms. The van der Waals surface area contributed by atoms with E-state index in [2.05, 4.69) is 26.4 Å². The van der Waals surface area contributed by atoms with Crippen LogP contribution in [0.15, 0.2) is 48.5 Å². The van der Waals surface area contributed by atoms with Crippen LogP contribution in [0.3, 0.4) is 0 Å². The van der Waals surface area contributed by atoms with Crippen LogP contribution in [-0.2, 0) is 4.79 Å². The largest absolute Gasteiger partial charge is 0.493 e. The van der Waals surface area contributed by atoms with Crippen LogP contribution < -0.4 is 35.5 Å². The van der Waals surface area contributed by atoms with Gasteiger partial charge in [-0.2, -0.15) is 5.10 Å². The van der Waals surface area contributed by atoms with Gasteiger partial charge >= 0.3 is 6.03 Å². The third-order valence-electron chi connectivity index (χ3n) is 5.83. The standard InChI is InChI=1S/C25H30N6O5/c1-5-16-13-22(32)29-24(26-16)31-21(14-18(30-31)15-9-7-6-8-10-15)28-25(33)27-17-11-19(34-2)23(36-4)20(12-17)35-3/h6-12,14,16,24,26H,5,13H2,1-4H3,(H,29,32)(H2,27,28,33). The SMILES string of the molecule is CCC1CC(=O)NC(n2nc(-c3ccccc3)cc2NC(=O)Nc2cc(OC)c(OC)c(OC)c2)N1. The molecule has 0 spiro atoms. The van der Waals surface area contributed by atoms with E-state index in [9.17, 15) is 9.59 Å². The highest BCUT2D eigenvalue weighted by Crippen LogP contribution is 2.40. The van der Waals surface area contributed by atoms with Crippen molar-refractivity contribution in [2.75, 3.05) is 32.0 Å². The number of amides is 3. The van der Waals surface area contributed by atoms with Crippen molar-refractivity contribution in [2.45, 2.75) is 32.1 Å². The lowest BCUT2D eigenvalue weighted by molar-refractivity contribution is -0.125. The number of methoxy groups -OCH3 is 3. The van der Waals surface area contributed by atoms with Gasteiger partial charge in [0.2, 0.25) is 11.7 Å². The molecule has 0 aliphatic carbocycles. The first kappa shape index (κ1) is 24.9. The van der Waals surface area contributed by atoms with E-state index < -0.39 is 12.3 Å². The minimum atomic E-state index is -0.620. The number of carbonyl (C=O) groups excluding carboxylic acids is 2. The molecule has 2 unspecified atom stereocenters. The number of hydrogen-bond donors (Lipinski definition) is 4. The molecule has 3 aromatic rings. The Morgan fingerprint density at radius 3 is 2.36 bits per heavy atom. The van der Waals surface area contributed by atoms with Crippen molar-refractivity contribution >= 4 is 23.4 Å². The maximum Gasteiger partial charge on any atom is 0.324 e. The zero-order chi connectivity index (χ0) is 25.7. The van der Waals surface area contributed by atoms with Crippen molar-refractivity contribution in [2.24, 2.45) is 0 Å². The first-order valence-electron chi connectivity index (χ1n) is 11.5. The lowest BCUT2D eigenvalue weighted by atomic mass is 10.1. The molecule has 3 amide bonds. The summed E-state index contributed by atoms with van der Waals surface area (Å²) in [6.07, 6.45) is 0.538. The Labute approximate surface area is 209 Å². The highest BCUT2D eigenvalue weighted by atomic mass is 16.5. The van der Waals surface area contributed by atoms with Gasteiger partial charge in [0.15, 0.2) is 17.8 Å². The normalized spacial score (nSPS) is 17.2. The minimum Gasteiger partial charge on any atom is -0.493 e. The fraction of sp³-hybridized carbons (Fsp3) is 0.320. The molecular weight excluding hydrogens is 464 g/mol. The van der Waals surface area contributed by atoms with E-state index in [1.807, 2.05) is 37.3 Å². The van der Waals surface area contributed by atoms with Crippen LogP contribution >= 0.6 is 0 Å². The molecule has 11 nitrogen and oxygen atoms in total. The minimum absolute atomic E-state index is 0.00553. The summed E-state index contributed by atoms with van der Waals surface area (Å²) in [6.45, 7) is 2.01. The van der Waals surface area contributed by atoms with Crippen molar-refractivity contribution in [3.8, 4) is 28.5 Å². The molecular formula is C25H30N6O5. The van der Waals surface area contributed by atoms with E-state index in [-0.39, 0.29) is 11.9 Å². The number of nitrogens with one attached hydrogen (secondary N) is 4. The number of ether oxygens (including phenoxy) is 3. The molecule has 4 rings (SSSR count). The lowest BCUT2D eigenvalue weighted by Gasteiger charge is -2.31. The van der Waals surface area contributed by atoms with Crippen molar-refractivity contribution in [3.05, 3.63) is 48.5 Å². The summed E-state index contributed by atoms with van der Waals surface area (Å²) in [5.74, 6) is 1.54.